The molecule has 1 aromatic carbocycles. The summed E-state index contributed by atoms with van der Waals surface area (Å²) < 4.78 is 6.05. The molecular formula is C16H23NO3. The largest absolute Gasteiger partial charge is 0.507 e. The molecule has 0 radical (unpaired) electrons. The highest BCUT2D eigenvalue weighted by atomic mass is 16.5. The van der Waals surface area contributed by atoms with E-state index in [0.717, 1.165) is 18.8 Å². The Hall–Kier alpha value is -1.55. The molecule has 20 heavy (non-hydrogen) atoms. The highest BCUT2D eigenvalue weighted by Gasteiger charge is 2.38. The number of carbonyl (C=O) groups excluding carboxylic acids is 1. The van der Waals surface area contributed by atoms with Crippen molar-refractivity contribution in [2.24, 2.45) is 0 Å². The van der Waals surface area contributed by atoms with E-state index in [9.17, 15) is 9.90 Å². The van der Waals surface area contributed by atoms with Crippen LogP contribution in [0.5, 0.6) is 5.75 Å². The first-order chi connectivity index (χ1) is 9.10. The van der Waals surface area contributed by atoms with Crippen molar-refractivity contribution in [3.8, 4) is 5.75 Å². The monoisotopic (exact) mass is 277 g/mol. The van der Waals surface area contributed by atoms with Gasteiger partial charge in [0.25, 0.3) is 0 Å². The van der Waals surface area contributed by atoms with E-state index in [1.54, 1.807) is 12.1 Å². The third-order valence-corrected chi connectivity index (χ3v) is 3.42. The molecule has 1 aliphatic rings. The standard InChI is InChI=1S/C16H23NO3/c1-11(18)13-7-6-12(8-14(13)19)17-9-15(2,3)20-16(4,5)10-17/h6-8,19H,9-10H2,1-5H3. The highest BCUT2D eigenvalue weighted by molar-refractivity contribution is 5.97. The molecule has 0 spiro atoms. The summed E-state index contributed by atoms with van der Waals surface area (Å²) in [6.45, 7) is 11.2. The number of phenols is 1. The summed E-state index contributed by atoms with van der Waals surface area (Å²) in [4.78, 5) is 13.6. The zero-order valence-electron chi connectivity index (χ0n) is 12.9. The molecule has 1 heterocycles. The maximum absolute atomic E-state index is 11.4. The normalized spacial score (nSPS) is 20.8. The Kier molecular flexibility index (Phi) is 3.54. The van der Waals surface area contributed by atoms with E-state index < -0.39 is 0 Å². The van der Waals surface area contributed by atoms with Crippen LogP contribution in [0.15, 0.2) is 18.2 Å². The van der Waals surface area contributed by atoms with Crippen LogP contribution in [-0.2, 0) is 4.74 Å². The summed E-state index contributed by atoms with van der Waals surface area (Å²) in [5, 5.41) is 9.97. The first-order valence-corrected chi connectivity index (χ1v) is 6.89. The van der Waals surface area contributed by atoms with Gasteiger partial charge in [-0.15, -0.1) is 0 Å². The first kappa shape index (κ1) is 14.9. The van der Waals surface area contributed by atoms with E-state index in [0.29, 0.717) is 5.56 Å². The molecule has 0 saturated carbocycles. The molecule has 0 atom stereocenters. The minimum Gasteiger partial charge on any atom is -0.507 e. The number of carbonyl (C=O) groups is 1. The molecule has 1 saturated heterocycles. The molecule has 110 valence electrons. The zero-order chi connectivity index (χ0) is 15.1. The summed E-state index contributed by atoms with van der Waals surface area (Å²) in [5.41, 5.74) is 0.769. The van der Waals surface area contributed by atoms with Crippen LogP contribution in [0.4, 0.5) is 5.69 Å². The summed E-state index contributed by atoms with van der Waals surface area (Å²) >= 11 is 0. The van der Waals surface area contributed by atoms with E-state index in [2.05, 4.69) is 32.6 Å². The van der Waals surface area contributed by atoms with Crippen molar-refractivity contribution in [1.29, 1.82) is 0 Å². The van der Waals surface area contributed by atoms with Crippen molar-refractivity contribution < 1.29 is 14.6 Å². The molecule has 2 rings (SSSR count). The van der Waals surface area contributed by atoms with Crippen LogP contribution in [0.2, 0.25) is 0 Å². The van der Waals surface area contributed by atoms with Gasteiger partial charge in [-0.3, -0.25) is 4.79 Å². The molecule has 1 N–H and O–H groups in total. The van der Waals surface area contributed by atoms with Crippen molar-refractivity contribution in [3.63, 3.8) is 0 Å². The second kappa shape index (κ2) is 4.77. The van der Waals surface area contributed by atoms with Gasteiger partial charge in [0.05, 0.1) is 16.8 Å². The Bertz CT molecular complexity index is 519. The molecule has 4 nitrogen and oxygen atoms in total. The van der Waals surface area contributed by atoms with E-state index >= 15 is 0 Å². The van der Waals surface area contributed by atoms with E-state index in [-0.39, 0.29) is 22.7 Å². The fourth-order valence-corrected chi connectivity index (χ4v) is 2.98. The van der Waals surface area contributed by atoms with Crippen molar-refractivity contribution in [1.82, 2.24) is 0 Å². The highest BCUT2D eigenvalue weighted by Crippen LogP contribution is 2.33. The number of ketones is 1. The van der Waals surface area contributed by atoms with E-state index in [4.69, 9.17) is 4.74 Å². The lowest BCUT2D eigenvalue weighted by Gasteiger charge is -2.48. The van der Waals surface area contributed by atoms with Gasteiger partial charge in [0.15, 0.2) is 5.78 Å². The summed E-state index contributed by atoms with van der Waals surface area (Å²) in [7, 11) is 0. The Morgan fingerprint density at radius 3 is 2.20 bits per heavy atom. The van der Waals surface area contributed by atoms with Gasteiger partial charge >= 0.3 is 0 Å². The fourth-order valence-electron chi connectivity index (χ4n) is 2.98. The minimum atomic E-state index is -0.253. The molecule has 0 amide bonds. The SMILES string of the molecule is CC(=O)c1ccc(N2CC(C)(C)OC(C)(C)C2)cc1O. The average Bonchev–Trinajstić information content (AvgIpc) is 2.23. The molecule has 0 aliphatic carbocycles. The summed E-state index contributed by atoms with van der Waals surface area (Å²) in [5.74, 6) is -0.0891. The van der Waals surface area contributed by atoms with Gasteiger partial charge in [-0.1, -0.05) is 0 Å². The third kappa shape index (κ3) is 3.12. The number of rotatable bonds is 2. The quantitative estimate of drug-likeness (QED) is 0.844. The third-order valence-electron chi connectivity index (χ3n) is 3.42. The average molecular weight is 277 g/mol. The first-order valence-electron chi connectivity index (χ1n) is 6.89. The molecule has 1 aromatic rings. The second-order valence-corrected chi connectivity index (χ2v) is 6.74. The van der Waals surface area contributed by atoms with Crippen LogP contribution in [-0.4, -0.2) is 35.2 Å². The Morgan fingerprint density at radius 2 is 1.75 bits per heavy atom. The van der Waals surface area contributed by atoms with Crippen LogP contribution in [0.3, 0.4) is 0 Å². The molecule has 4 heteroatoms. The molecule has 1 fully saturated rings. The number of hydrogen-bond donors (Lipinski definition) is 1. The number of hydrogen-bond acceptors (Lipinski definition) is 4. The maximum atomic E-state index is 11.4. The molecule has 0 aromatic heterocycles. The predicted molar refractivity (Wildman–Crippen MR) is 79.6 cm³/mol. The van der Waals surface area contributed by atoms with Crippen molar-refractivity contribution in [3.05, 3.63) is 23.8 Å². The summed E-state index contributed by atoms with van der Waals surface area (Å²) in [6.07, 6.45) is 0. The second-order valence-electron chi connectivity index (χ2n) is 6.74. The van der Waals surface area contributed by atoms with Gasteiger partial charge in [0, 0.05) is 24.8 Å². The maximum Gasteiger partial charge on any atom is 0.163 e. The lowest BCUT2D eigenvalue weighted by molar-refractivity contribution is -0.133. The number of aromatic hydroxyl groups is 1. The molecular weight excluding hydrogens is 254 g/mol. The van der Waals surface area contributed by atoms with Crippen molar-refractivity contribution in [2.45, 2.75) is 45.8 Å². The van der Waals surface area contributed by atoms with Gasteiger partial charge in [-0.25, -0.2) is 0 Å². The van der Waals surface area contributed by atoms with Crippen LogP contribution >= 0.6 is 0 Å². The molecule has 1 aliphatic heterocycles. The number of nitrogens with zero attached hydrogens (tertiary/aromatic N) is 1. The van der Waals surface area contributed by atoms with Gasteiger partial charge in [0.2, 0.25) is 0 Å². The lowest BCUT2D eigenvalue weighted by Crippen LogP contribution is -2.57. The van der Waals surface area contributed by atoms with Crippen LogP contribution < -0.4 is 4.90 Å². The Labute approximate surface area is 120 Å². The van der Waals surface area contributed by atoms with Gasteiger partial charge in [0.1, 0.15) is 5.75 Å². The number of phenolic OH excluding ortho intramolecular Hbond substituents is 1. The van der Waals surface area contributed by atoms with Gasteiger partial charge in [-0.2, -0.15) is 0 Å². The van der Waals surface area contributed by atoms with Crippen LogP contribution in [0.1, 0.15) is 45.0 Å². The Balaban J connectivity index is 2.32. The van der Waals surface area contributed by atoms with E-state index in [1.807, 2.05) is 6.07 Å². The zero-order valence-corrected chi connectivity index (χ0v) is 12.9. The van der Waals surface area contributed by atoms with Gasteiger partial charge < -0.3 is 14.7 Å². The summed E-state index contributed by atoms with van der Waals surface area (Å²) in [6, 6.07) is 5.23. The van der Waals surface area contributed by atoms with Crippen molar-refractivity contribution >= 4 is 11.5 Å². The number of morpholine rings is 1. The Morgan fingerprint density at radius 1 is 1.20 bits per heavy atom. The van der Waals surface area contributed by atoms with Crippen molar-refractivity contribution in [2.75, 3.05) is 18.0 Å². The smallest absolute Gasteiger partial charge is 0.163 e. The molecule has 0 unspecified atom stereocenters. The number of benzene rings is 1. The fraction of sp³-hybridized carbons (Fsp3) is 0.562. The van der Waals surface area contributed by atoms with E-state index in [1.165, 1.54) is 6.92 Å². The number of ether oxygens (including phenoxy) is 1. The minimum absolute atomic E-state index is 0.0390. The van der Waals surface area contributed by atoms with Gasteiger partial charge in [-0.05, 0) is 46.8 Å². The molecule has 0 bridgehead atoms. The van der Waals surface area contributed by atoms with Crippen LogP contribution in [0, 0.1) is 0 Å². The number of Topliss-reactive ketones (excluding diaryl/α,β-unsaturated/α-hetero) is 1. The van der Waals surface area contributed by atoms with Crippen LogP contribution in [0.25, 0.3) is 0 Å². The predicted octanol–water partition coefficient (Wildman–Crippen LogP) is 2.99. The topological polar surface area (TPSA) is 49.8 Å². The number of anilines is 1. The lowest BCUT2D eigenvalue weighted by atomic mass is 9.98.